The molecule has 0 aromatic rings. The van der Waals surface area contributed by atoms with Gasteiger partial charge < -0.3 is 15.2 Å². The first kappa shape index (κ1) is 14.4. The van der Waals surface area contributed by atoms with Crippen molar-refractivity contribution >= 4 is 5.97 Å². The summed E-state index contributed by atoms with van der Waals surface area (Å²) < 4.78 is 4.68. The first-order valence-electron chi connectivity index (χ1n) is 5.30. The lowest BCUT2D eigenvalue weighted by atomic mass is 9.96. The molecule has 2 atom stereocenters. The molecule has 0 saturated heterocycles. The molecule has 0 aromatic heterocycles. The summed E-state index contributed by atoms with van der Waals surface area (Å²) in [6, 6.07) is 0.0269. The third kappa shape index (κ3) is 5.14. The minimum atomic E-state index is -0.213. The van der Waals surface area contributed by atoms with Gasteiger partial charge in [0.2, 0.25) is 0 Å². The van der Waals surface area contributed by atoms with E-state index >= 15 is 0 Å². The first-order chi connectivity index (χ1) is 6.84. The second kappa shape index (κ2) is 6.08. The van der Waals surface area contributed by atoms with Crippen LogP contribution >= 0.6 is 0 Å². The second-order valence-corrected chi connectivity index (χ2v) is 4.60. The topological polar surface area (TPSA) is 58.6 Å². The molecule has 0 fully saturated rings. The molecule has 2 unspecified atom stereocenters. The van der Waals surface area contributed by atoms with Gasteiger partial charge in [0, 0.05) is 18.2 Å². The Morgan fingerprint density at radius 1 is 1.47 bits per heavy atom. The molecule has 0 aliphatic carbocycles. The Morgan fingerprint density at radius 3 is 2.40 bits per heavy atom. The van der Waals surface area contributed by atoms with Crippen LogP contribution < -0.4 is 5.32 Å². The van der Waals surface area contributed by atoms with Gasteiger partial charge in [-0.3, -0.25) is 4.79 Å². The van der Waals surface area contributed by atoms with Gasteiger partial charge in [-0.2, -0.15) is 0 Å². The number of carbonyl (C=O) groups excluding carboxylic acids is 1. The quantitative estimate of drug-likeness (QED) is 0.650. The third-order valence-corrected chi connectivity index (χ3v) is 2.68. The van der Waals surface area contributed by atoms with Gasteiger partial charge in [-0.05, 0) is 27.2 Å². The van der Waals surface area contributed by atoms with E-state index in [0.29, 0.717) is 6.42 Å². The van der Waals surface area contributed by atoms with Crippen LogP contribution in [0.1, 0.15) is 34.1 Å². The van der Waals surface area contributed by atoms with E-state index in [1.807, 2.05) is 27.7 Å². The smallest absolute Gasteiger partial charge is 0.309 e. The average Bonchev–Trinajstić information content (AvgIpc) is 2.14. The van der Waals surface area contributed by atoms with E-state index < -0.39 is 0 Å². The van der Waals surface area contributed by atoms with E-state index in [9.17, 15) is 4.79 Å². The van der Waals surface area contributed by atoms with Crippen LogP contribution in [-0.2, 0) is 9.53 Å². The van der Waals surface area contributed by atoms with Crippen LogP contribution in [0, 0.1) is 5.92 Å². The van der Waals surface area contributed by atoms with Gasteiger partial charge in [0.25, 0.3) is 0 Å². The Bertz CT molecular complexity index is 204. The van der Waals surface area contributed by atoms with Crippen molar-refractivity contribution in [1.82, 2.24) is 5.32 Å². The van der Waals surface area contributed by atoms with E-state index in [1.165, 1.54) is 7.11 Å². The molecule has 0 heterocycles. The lowest BCUT2D eigenvalue weighted by Gasteiger charge is -2.31. The predicted molar refractivity (Wildman–Crippen MR) is 59.6 cm³/mol. The predicted octanol–water partition coefficient (Wildman–Crippen LogP) is 0.935. The summed E-state index contributed by atoms with van der Waals surface area (Å²) in [6.07, 6.45) is 0.658. The van der Waals surface area contributed by atoms with Crippen LogP contribution in [0.3, 0.4) is 0 Å². The lowest BCUT2D eigenvalue weighted by Crippen LogP contribution is -2.49. The van der Waals surface area contributed by atoms with Crippen molar-refractivity contribution in [1.29, 1.82) is 0 Å². The van der Waals surface area contributed by atoms with Crippen molar-refractivity contribution < 1.29 is 14.6 Å². The van der Waals surface area contributed by atoms with Crippen molar-refractivity contribution in [2.24, 2.45) is 5.92 Å². The Hall–Kier alpha value is -0.610. The maximum atomic E-state index is 11.3. The summed E-state index contributed by atoms with van der Waals surface area (Å²) in [7, 11) is 1.39. The molecule has 0 rings (SSSR count). The Balaban J connectivity index is 4.22. The number of hydrogen-bond acceptors (Lipinski definition) is 4. The van der Waals surface area contributed by atoms with Gasteiger partial charge in [-0.25, -0.2) is 0 Å². The van der Waals surface area contributed by atoms with Crippen LogP contribution in [0.5, 0.6) is 0 Å². The minimum Gasteiger partial charge on any atom is -0.469 e. The summed E-state index contributed by atoms with van der Waals surface area (Å²) in [4.78, 5) is 11.3. The van der Waals surface area contributed by atoms with Crippen LogP contribution in [0.2, 0.25) is 0 Å². The lowest BCUT2D eigenvalue weighted by molar-refractivity contribution is -0.145. The number of nitrogens with one attached hydrogen (secondary N) is 1. The van der Waals surface area contributed by atoms with Gasteiger partial charge in [-0.1, -0.05) is 6.92 Å². The van der Waals surface area contributed by atoms with Crippen LogP contribution in [-0.4, -0.2) is 36.4 Å². The molecule has 0 radical (unpaired) electrons. The summed E-state index contributed by atoms with van der Waals surface area (Å²) in [5.41, 5.74) is -0.170. The average molecular weight is 217 g/mol. The zero-order chi connectivity index (χ0) is 12.1. The summed E-state index contributed by atoms with van der Waals surface area (Å²) >= 11 is 0. The second-order valence-electron chi connectivity index (χ2n) is 4.60. The van der Waals surface area contributed by atoms with Gasteiger partial charge >= 0.3 is 5.97 Å². The third-order valence-electron chi connectivity index (χ3n) is 2.68. The number of ether oxygens (including phenoxy) is 1. The summed E-state index contributed by atoms with van der Waals surface area (Å²) in [5, 5.41) is 12.2. The number of hydrogen-bond donors (Lipinski definition) is 2. The zero-order valence-electron chi connectivity index (χ0n) is 10.3. The van der Waals surface area contributed by atoms with Crippen molar-refractivity contribution in [3.05, 3.63) is 0 Å². The van der Waals surface area contributed by atoms with Gasteiger partial charge in [0.15, 0.2) is 0 Å². The van der Waals surface area contributed by atoms with Crippen LogP contribution in [0.4, 0.5) is 0 Å². The molecule has 4 heteroatoms. The molecule has 2 N–H and O–H groups in total. The number of rotatable bonds is 6. The molecule has 0 spiro atoms. The highest BCUT2D eigenvalue weighted by Crippen LogP contribution is 2.13. The van der Waals surface area contributed by atoms with Crippen molar-refractivity contribution in [2.75, 3.05) is 13.7 Å². The van der Waals surface area contributed by atoms with E-state index in [0.717, 1.165) is 0 Å². The SMILES string of the molecule is COC(=O)C(C)C(C)NC(C)(C)CCO. The Labute approximate surface area is 92.0 Å². The highest BCUT2D eigenvalue weighted by atomic mass is 16.5. The molecule has 0 bridgehead atoms. The van der Waals surface area contributed by atoms with Crippen molar-refractivity contribution in [3.8, 4) is 0 Å². The molecule has 0 aliphatic heterocycles. The van der Waals surface area contributed by atoms with E-state index in [4.69, 9.17) is 5.11 Å². The number of aliphatic hydroxyl groups excluding tert-OH is 1. The number of aliphatic hydroxyl groups is 1. The van der Waals surface area contributed by atoms with E-state index in [2.05, 4.69) is 10.1 Å². The molecule has 4 nitrogen and oxygen atoms in total. The molecule has 15 heavy (non-hydrogen) atoms. The summed E-state index contributed by atoms with van der Waals surface area (Å²) in [5.74, 6) is -0.400. The first-order valence-corrected chi connectivity index (χ1v) is 5.30. The van der Waals surface area contributed by atoms with Gasteiger partial charge in [0.05, 0.1) is 13.0 Å². The van der Waals surface area contributed by atoms with Gasteiger partial charge in [0.1, 0.15) is 0 Å². The van der Waals surface area contributed by atoms with Crippen LogP contribution in [0.25, 0.3) is 0 Å². The highest BCUT2D eigenvalue weighted by molar-refractivity contribution is 5.72. The number of carbonyl (C=O) groups is 1. The fourth-order valence-electron chi connectivity index (χ4n) is 1.48. The standard InChI is InChI=1S/C11H23NO3/c1-8(10(14)15-5)9(2)12-11(3,4)6-7-13/h8-9,12-13H,6-7H2,1-5H3. The Morgan fingerprint density at radius 2 is 2.00 bits per heavy atom. The molecule has 0 saturated carbocycles. The normalized spacial score (nSPS) is 15.9. The monoisotopic (exact) mass is 217 g/mol. The highest BCUT2D eigenvalue weighted by Gasteiger charge is 2.26. The summed E-state index contributed by atoms with van der Waals surface area (Å²) in [6.45, 7) is 7.92. The Kier molecular flexibility index (Phi) is 5.83. The van der Waals surface area contributed by atoms with E-state index in [1.54, 1.807) is 0 Å². The molecule has 0 aromatic carbocycles. The maximum absolute atomic E-state index is 11.3. The molecule has 0 aliphatic rings. The molecule has 0 amide bonds. The van der Waals surface area contributed by atoms with Crippen molar-refractivity contribution in [3.63, 3.8) is 0 Å². The van der Waals surface area contributed by atoms with Crippen molar-refractivity contribution in [2.45, 2.75) is 45.7 Å². The molecular weight excluding hydrogens is 194 g/mol. The van der Waals surface area contributed by atoms with Gasteiger partial charge in [-0.15, -0.1) is 0 Å². The number of esters is 1. The van der Waals surface area contributed by atoms with Crippen LogP contribution in [0.15, 0.2) is 0 Å². The fraction of sp³-hybridized carbons (Fsp3) is 0.909. The zero-order valence-corrected chi connectivity index (χ0v) is 10.3. The number of methoxy groups -OCH3 is 1. The maximum Gasteiger partial charge on any atom is 0.309 e. The fourth-order valence-corrected chi connectivity index (χ4v) is 1.48. The molecule has 90 valence electrons. The van der Waals surface area contributed by atoms with E-state index in [-0.39, 0.29) is 30.1 Å². The minimum absolute atomic E-state index is 0.0269. The molecular formula is C11H23NO3. The largest absolute Gasteiger partial charge is 0.469 e.